The Morgan fingerprint density at radius 1 is 1.35 bits per heavy atom. The molecule has 1 aromatic rings. The van der Waals surface area contributed by atoms with Gasteiger partial charge in [-0.2, -0.15) is 0 Å². The summed E-state index contributed by atoms with van der Waals surface area (Å²) in [5, 5.41) is 20.4. The zero-order chi connectivity index (χ0) is 12.8. The summed E-state index contributed by atoms with van der Waals surface area (Å²) in [5.41, 5.74) is 1.07. The third-order valence-corrected chi connectivity index (χ3v) is 2.32. The summed E-state index contributed by atoms with van der Waals surface area (Å²) in [5.74, 6) is -1.12. The maximum absolute atomic E-state index is 11.6. The molecule has 1 rings (SSSR count). The van der Waals surface area contributed by atoms with Crippen LogP contribution in [0.1, 0.15) is 28.8 Å². The van der Waals surface area contributed by atoms with Crippen molar-refractivity contribution in [2.75, 3.05) is 6.54 Å². The highest BCUT2D eigenvalue weighted by Crippen LogP contribution is 2.17. The lowest BCUT2D eigenvalue weighted by Gasteiger charge is -2.05. The summed E-state index contributed by atoms with van der Waals surface area (Å²) in [6.07, 6.45) is 0.415. The first-order valence-electron chi connectivity index (χ1n) is 5.30. The summed E-state index contributed by atoms with van der Waals surface area (Å²) in [6.45, 7) is 2.05. The van der Waals surface area contributed by atoms with E-state index in [0.29, 0.717) is 24.1 Å². The molecule has 0 unspecified atom stereocenters. The number of hydrogen-bond acceptors (Lipinski definition) is 3. The first kappa shape index (κ1) is 13.0. The number of carboxylic acids is 1. The molecule has 0 saturated carbocycles. The smallest absolute Gasteiger partial charge is 0.303 e. The van der Waals surface area contributed by atoms with Gasteiger partial charge in [0.2, 0.25) is 0 Å². The normalized spacial score (nSPS) is 9.94. The van der Waals surface area contributed by atoms with Crippen molar-refractivity contribution in [3.05, 3.63) is 29.3 Å². The fourth-order valence-electron chi connectivity index (χ4n) is 1.29. The van der Waals surface area contributed by atoms with Crippen molar-refractivity contribution in [1.29, 1.82) is 0 Å². The molecule has 0 heterocycles. The van der Waals surface area contributed by atoms with Crippen molar-refractivity contribution < 1.29 is 19.8 Å². The van der Waals surface area contributed by atoms with Gasteiger partial charge in [0.25, 0.3) is 5.91 Å². The van der Waals surface area contributed by atoms with Crippen LogP contribution < -0.4 is 5.32 Å². The number of aryl methyl sites for hydroxylation is 1. The number of phenols is 1. The lowest BCUT2D eigenvalue weighted by atomic mass is 10.1. The van der Waals surface area contributed by atoms with Crippen molar-refractivity contribution >= 4 is 11.9 Å². The topological polar surface area (TPSA) is 86.6 Å². The van der Waals surface area contributed by atoms with E-state index in [1.807, 2.05) is 0 Å². The van der Waals surface area contributed by atoms with Crippen LogP contribution in [0.2, 0.25) is 0 Å². The van der Waals surface area contributed by atoms with Gasteiger partial charge in [0.1, 0.15) is 5.75 Å². The predicted octanol–water partition coefficient (Wildman–Crippen LogP) is 1.30. The molecular formula is C12H15NO4. The lowest BCUT2D eigenvalue weighted by molar-refractivity contribution is -0.137. The zero-order valence-electron chi connectivity index (χ0n) is 9.56. The molecule has 0 saturated heterocycles. The van der Waals surface area contributed by atoms with E-state index < -0.39 is 5.97 Å². The molecular weight excluding hydrogens is 222 g/mol. The van der Waals surface area contributed by atoms with Crippen LogP contribution in [0.15, 0.2) is 18.2 Å². The fourth-order valence-corrected chi connectivity index (χ4v) is 1.29. The molecule has 5 heteroatoms. The van der Waals surface area contributed by atoms with E-state index in [9.17, 15) is 14.7 Å². The van der Waals surface area contributed by atoms with Crippen molar-refractivity contribution in [2.24, 2.45) is 0 Å². The highest BCUT2D eigenvalue weighted by Gasteiger charge is 2.07. The average molecular weight is 237 g/mol. The third-order valence-electron chi connectivity index (χ3n) is 2.32. The first-order chi connectivity index (χ1) is 8.00. The number of carbonyl (C=O) groups excluding carboxylic acids is 1. The second-order valence-corrected chi connectivity index (χ2v) is 3.75. The van der Waals surface area contributed by atoms with Gasteiger partial charge in [0, 0.05) is 18.5 Å². The standard InChI is InChI=1S/C12H15NO4/c1-8-4-5-9(7-10(8)14)12(17)13-6-2-3-11(15)16/h4-5,7,14H,2-3,6H2,1H3,(H,13,17)(H,15,16). The van der Waals surface area contributed by atoms with Crippen LogP contribution in [0.5, 0.6) is 5.75 Å². The minimum absolute atomic E-state index is 0.0272. The molecule has 0 aromatic heterocycles. The monoisotopic (exact) mass is 237 g/mol. The predicted molar refractivity (Wildman–Crippen MR) is 62.0 cm³/mol. The summed E-state index contributed by atoms with van der Waals surface area (Å²) in [4.78, 5) is 21.8. The highest BCUT2D eigenvalue weighted by atomic mass is 16.4. The van der Waals surface area contributed by atoms with Gasteiger partial charge in [-0.25, -0.2) is 0 Å². The van der Waals surface area contributed by atoms with Gasteiger partial charge >= 0.3 is 5.97 Å². The number of nitrogens with one attached hydrogen (secondary N) is 1. The van der Waals surface area contributed by atoms with Crippen LogP contribution in [-0.2, 0) is 4.79 Å². The molecule has 0 radical (unpaired) electrons. The van der Waals surface area contributed by atoms with E-state index in [4.69, 9.17) is 5.11 Å². The molecule has 17 heavy (non-hydrogen) atoms. The van der Waals surface area contributed by atoms with E-state index in [1.54, 1.807) is 19.1 Å². The van der Waals surface area contributed by atoms with Crippen molar-refractivity contribution in [1.82, 2.24) is 5.32 Å². The van der Waals surface area contributed by atoms with E-state index in [1.165, 1.54) is 6.07 Å². The number of phenolic OH excluding ortho intramolecular Hbond substituents is 1. The SMILES string of the molecule is Cc1ccc(C(=O)NCCCC(=O)O)cc1O. The van der Waals surface area contributed by atoms with Gasteiger partial charge < -0.3 is 15.5 Å². The summed E-state index contributed by atoms with van der Waals surface area (Å²) < 4.78 is 0. The number of benzene rings is 1. The number of rotatable bonds is 5. The molecule has 0 aliphatic carbocycles. The quantitative estimate of drug-likeness (QED) is 0.673. The fraction of sp³-hybridized carbons (Fsp3) is 0.333. The number of hydrogen-bond donors (Lipinski definition) is 3. The van der Waals surface area contributed by atoms with Gasteiger partial charge in [-0.3, -0.25) is 9.59 Å². The molecule has 0 spiro atoms. The van der Waals surface area contributed by atoms with Crippen LogP contribution in [-0.4, -0.2) is 28.6 Å². The number of carboxylic acid groups (broad SMARTS) is 1. The number of amides is 1. The maximum atomic E-state index is 11.6. The Hall–Kier alpha value is -2.04. The Bertz CT molecular complexity index is 429. The molecule has 0 atom stereocenters. The number of carbonyl (C=O) groups is 2. The Labute approximate surface area is 99.1 Å². The van der Waals surface area contributed by atoms with Gasteiger partial charge in [-0.15, -0.1) is 0 Å². The molecule has 0 aliphatic rings. The highest BCUT2D eigenvalue weighted by molar-refractivity contribution is 5.94. The van der Waals surface area contributed by atoms with Crippen LogP contribution in [0, 0.1) is 6.92 Å². The second kappa shape index (κ2) is 5.89. The molecule has 0 aliphatic heterocycles. The van der Waals surface area contributed by atoms with E-state index >= 15 is 0 Å². The zero-order valence-corrected chi connectivity index (χ0v) is 9.56. The third kappa shape index (κ3) is 4.14. The van der Waals surface area contributed by atoms with Crippen molar-refractivity contribution in [2.45, 2.75) is 19.8 Å². The van der Waals surface area contributed by atoms with Gasteiger partial charge in [0.15, 0.2) is 0 Å². The van der Waals surface area contributed by atoms with E-state index in [0.717, 1.165) is 0 Å². The molecule has 1 amide bonds. The second-order valence-electron chi connectivity index (χ2n) is 3.75. The lowest BCUT2D eigenvalue weighted by Crippen LogP contribution is -2.24. The Morgan fingerprint density at radius 3 is 2.65 bits per heavy atom. The van der Waals surface area contributed by atoms with Gasteiger partial charge in [-0.1, -0.05) is 6.07 Å². The van der Waals surface area contributed by atoms with E-state index in [-0.39, 0.29) is 18.1 Å². The minimum atomic E-state index is -0.882. The van der Waals surface area contributed by atoms with E-state index in [2.05, 4.69) is 5.32 Å². The minimum Gasteiger partial charge on any atom is -0.508 e. The largest absolute Gasteiger partial charge is 0.508 e. The molecule has 5 nitrogen and oxygen atoms in total. The van der Waals surface area contributed by atoms with Gasteiger partial charge in [0.05, 0.1) is 0 Å². The Kier molecular flexibility index (Phi) is 4.51. The first-order valence-corrected chi connectivity index (χ1v) is 5.30. The molecule has 92 valence electrons. The molecule has 1 aromatic carbocycles. The summed E-state index contributed by atoms with van der Waals surface area (Å²) in [7, 11) is 0. The molecule has 0 fully saturated rings. The van der Waals surface area contributed by atoms with Crippen molar-refractivity contribution in [3.63, 3.8) is 0 Å². The van der Waals surface area contributed by atoms with Crippen LogP contribution in [0.4, 0.5) is 0 Å². The summed E-state index contributed by atoms with van der Waals surface area (Å²) >= 11 is 0. The van der Waals surface area contributed by atoms with Gasteiger partial charge in [-0.05, 0) is 31.0 Å². The average Bonchev–Trinajstić information content (AvgIpc) is 2.27. The number of aromatic hydroxyl groups is 1. The maximum Gasteiger partial charge on any atom is 0.303 e. The molecule has 0 bridgehead atoms. The summed E-state index contributed by atoms with van der Waals surface area (Å²) in [6, 6.07) is 4.66. The number of aliphatic carboxylic acids is 1. The Balaban J connectivity index is 2.47. The van der Waals surface area contributed by atoms with Crippen LogP contribution in [0.25, 0.3) is 0 Å². The molecule has 3 N–H and O–H groups in total. The Morgan fingerprint density at radius 2 is 2.06 bits per heavy atom. The van der Waals surface area contributed by atoms with Crippen LogP contribution in [0.3, 0.4) is 0 Å². The van der Waals surface area contributed by atoms with Crippen LogP contribution >= 0.6 is 0 Å². The van der Waals surface area contributed by atoms with Crippen molar-refractivity contribution in [3.8, 4) is 5.75 Å².